The SMILES string of the molecule is CCn1cc(CNc2ccc(C)cc2F)c(C)n1. The van der Waals surface area contributed by atoms with Crippen LogP contribution >= 0.6 is 0 Å². The van der Waals surface area contributed by atoms with Crippen molar-refractivity contribution in [2.45, 2.75) is 33.9 Å². The predicted molar refractivity (Wildman–Crippen MR) is 71.1 cm³/mol. The third-order valence-electron chi connectivity index (χ3n) is 2.97. The van der Waals surface area contributed by atoms with Crippen molar-refractivity contribution in [1.82, 2.24) is 9.78 Å². The predicted octanol–water partition coefficient (Wildman–Crippen LogP) is 3.27. The van der Waals surface area contributed by atoms with Gasteiger partial charge in [-0.05, 0) is 38.5 Å². The van der Waals surface area contributed by atoms with Crippen molar-refractivity contribution in [2.75, 3.05) is 5.32 Å². The van der Waals surface area contributed by atoms with Crippen LogP contribution in [0.5, 0.6) is 0 Å². The Morgan fingerprint density at radius 3 is 2.72 bits per heavy atom. The fourth-order valence-electron chi connectivity index (χ4n) is 1.85. The summed E-state index contributed by atoms with van der Waals surface area (Å²) in [6.45, 7) is 7.33. The molecular weight excluding hydrogens is 229 g/mol. The van der Waals surface area contributed by atoms with Crippen LogP contribution in [-0.4, -0.2) is 9.78 Å². The number of rotatable bonds is 4. The minimum Gasteiger partial charge on any atom is -0.378 e. The van der Waals surface area contributed by atoms with Gasteiger partial charge in [0, 0.05) is 24.8 Å². The number of benzene rings is 1. The summed E-state index contributed by atoms with van der Waals surface area (Å²) < 4.78 is 15.5. The molecule has 3 nitrogen and oxygen atoms in total. The Labute approximate surface area is 107 Å². The van der Waals surface area contributed by atoms with Gasteiger partial charge in [-0.15, -0.1) is 0 Å². The zero-order valence-electron chi connectivity index (χ0n) is 11.0. The Morgan fingerprint density at radius 2 is 2.11 bits per heavy atom. The molecule has 0 aliphatic carbocycles. The Bertz CT molecular complexity index is 546. The third-order valence-corrected chi connectivity index (χ3v) is 2.97. The molecule has 2 rings (SSSR count). The van der Waals surface area contributed by atoms with Gasteiger partial charge in [0.15, 0.2) is 0 Å². The highest BCUT2D eigenvalue weighted by Gasteiger charge is 2.06. The van der Waals surface area contributed by atoms with Gasteiger partial charge in [-0.1, -0.05) is 6.07 Å². The zero-order chi connectivity index (χ0) is 13.1. The lowest BCUT2D eigenvalue weighted by Crippen LogP contribution is -2.02. The molecule has 1 aromatic carbocycles. The van der Waals surface area contributed by atoms with E-state index in [2.05, 4.69) is 10.4 Å². The first-order valence-corrected chi connectivity index (χ1v) is 6.13. The average Bonchev–Trinajstić information content (AvgIpc) is 2.69. The molecule has 0 amide bonds. The van der Waals surface area contributed by atoms with Crippen LogP contribution in [0.2, 0.25) is 0 Å². The molecule has 0 spiro atoms. The number of nitrogens with zero attached hydrogens (tertiary/aromatic N) is 2. The lowest BCUT2D eigenvalue weighted by molar-refractivity contribution is 0.629. The van der Waals surface area contributed by atoms with Crippen molar-refractivity contribution in [3.63, 3.8) is 0 Å². The van der Waals surface area contributed by atoms with Crippen LogP contribution in [0.3, 0.4) is 0 Å². The summed E-state index contributed by atoms with van der Waals surface area (Å²) in [6.07, 6.45) is 1.99. The maximum Gasteiger partial charge on any atom is 0.146 e. The molecule has 0 saturated heterocycles. The molecule has 0 aliphatic rings. The van der Waals surface area contributed by atoms with E-state index in [1.54, 1.807) is 6.07 Å². The second-order valence-corrected chi connectivity index (χ2v) is 4.43. The van der Waals surface area contributed by atoms with Crippen molar-refractivity contribution in [3.8, 4) is 0 Å². The molecule has 1 aromatic heterocycles. The van der Waals surface area contributed by atoms with E-state index in [-0.39, 0.29) is 5.82 Å². The second-order valence-electron chi connectivity index (χ2n) is 4.43. The van der Waals surface area contributed by atoms with E-state index in [9.17, 15) is 4.39 Å². The summed E-state index contributed by atoms with van der Waals surface area (Å²) in [4.78, 5) is 0. The van der Waals surface area contributed by atoms with Crippen molar-refractivity contribution >= 4 is 5.69 Å². The zero-order valence-corrected chi connectivity index (χ0v) is 11.0. The van der Waals surface area contributed by atoms with Crippen molar-refractivity contribution in [2.24, 2.45) is 0 Å². The van der Waals surface area contributed by atoms with Crippen LogP contribution in [-0.2, 0) is 13.1 Å². The molecule has 1 N–H and O–H groups in total. The van der Waals surface area contributed by atoms with Crippen LogP contribution < -0.4 is 5.32 Å². The maximum absolute atomic E-state index is 13.6. The van der Waals surface area contributed by atoms with Crippen molar-refractivity contribution in [3.05, 3.63) is 47.0 Å². The minimum atomic E-state index is -0.212. The summed E-state index contributed by atoms with van der Waals surface area (Å²) >= 11 is 0. The van der Waals surface area contributed by atoms with E-state index in [1.807, 2.05) is 37.7 Å². The average molecular weight is 247 g/mol. The maximum atomic E-state index is 13.6. The van der Waals surface area contributed by atoms with E-state index in [0.717, 1.165) is 23.4 Å². The molecule has 0 aliphatic heterocycles. The molecule has 0 unspecified atom stereocenters. The first-order chi connectivity index (χ1) is 8.60. The Kier molecular flexibility index (Phi) is 3.65. The number of aryl methyl sites for hydroxylation is 3. The molecule has 1 heterocycles. The molecule has 0 saturated carbocycles. The lowest BCUT2D eigenvalue weighted by atomic mass is 10.2. The smallest absolute Gasteiger partial charge is 0.146 e. The van der Waals surface area contributed by atoms with Gasteiger partial charge in [-0.25, -0.2) is 4.39 Å². The molecule has 0 atom stereocenters. The molecule has 2 aromatic rings. The van der Waals surface area contributed by atoms with Crippen LogP contribution in [0.25, 0.3) is 0 Å². The number of hydrogen-bond donors (Lipinski definition) is 1. The number of aromatic nitrogens is 2. The van der Waals surface area contributed by atoms with Gasteiger partial charge in [0.2, 0.25) is 0 Å². The van der Waals surface area contributed by atoms with Crippen LogP contribution in [0.15, 0.2) is 24.4 Å². The van der Waals surface area contributed by atoms with Gasteiger partial charge >= 0.3 is 0 Å². The van der Waals surface area contributed by atoms with Gasteiger partial charge < -0.3 is 5.32 Å². The molecule has 18 heavy (non-hydrogen) atoms. The Hall–Kier alpha value is -1.84. The van der Waals surface area contributed by atoms with Crippen LogP contribution in [0.1, 0.15) is 23.7 Å². The number of nitrogens with one attached hydrogen (secondary N) is 1. The first kappa shape index (κ1) is 12.6. The summed E-state index contributed by atoms with van der Waals surface area (Å²) in [6, 6.07) is 5.20. The fraction of sp³-hybridized carbons (Fsp3) is 0.357. The number of halogens is 1. The summed E-state index contributed by atoms with van der Waals surface area (Å²) in [7, 11) is 0. The highest BCUT2D eigenvalue weighted by Crippen LogP contribution is 2.17. The molecule has 0 radical (unpaired) electrons. The first-order valence-electron chi connectivity index (χ1n) is 6.13. The normalized spacial score (nSPS) is 10.7. The largest absolute Gasteiger partial charge is 0.378 e. The van der Waals surface area contributed by atoms with Gasteiger partial charge in [-0.2, -0.15) is 5.10 Å². The van der Waals surface area contributed by atoms with E-state index in [0.29, 0.717) is 12.2 Å². The molecule has 96 valence electrons. The Morgan fingerprint density at radius 1 is 1.33 bits per heavy atom. The topological polar surface area (TPSA) is 29.9 Å². The highest BCUT2D eigenvalue weighted by molar-refractivity contribution is 5.46. The number of hydrogen-bond acceptors (Lipinski definition) is 2. The van der Waals surface area contributed by atoms with E-state index in [4.69, 9.17) is 0 Å². The Balaban J connectivity index is 2.08. The molecule has 0 bridgehead atoms. The summed E-state index contributed by atoms with van der Waals surface area (Å²) in [5, 5.41) is 7.47. The standard InChI is InChI=1S/C14H18FN3/c1-4-18-9-12(11(3)17-18)8-16-14-6-5-10(2)7-13(14)15/h5-7,9,16H,4,8H2,1-3H3. The second kappa shape index (κ2) is 5.21. The minimum absolute atomic E-state index is 0.212. The highest BCUT2D eigenvalue weighted by atomic mass is 19.1. The van der Waals surface area contributed by atoms with E-state index < -0.39 is 0 Å². The van der Waals surface area contributed by atoms with Gasteiger partial charge in [0.05, 0.1) is 11.4 Å². The molecular formula is C14H18FN3. The van der Waals surface area contributed by atoms with Gasteiger partial charge in [0.25, 0.3) is 0 Å². The lowest BCUT2D eigenvalue weighted by Gasteiger charge is -2.07. The van der Waals surface area contributed by atoms with Crippen LogP contribution in [0.4, 0.5) is 10.1 Å². The van der Waals surface area contributed by atoms with E-state index in [1.165, 1.54) is 6.07 Å². The van der Waals surface area contributed by atoms with E-state index >= 15 is 0 Å². The van der Waals surface area contributed by atoms with Crippen LogP contribution in [0, 0.1) is 19.7 Å². The summed E-state index contributed by atoms with van der Waals surface area (Å²) in [5.41, 5.74) is 3.53. The van der Waals surface area contributed by atoms with Crippen molar-refractivity contribution < 1.29 is 4.39 Å². The quantitative estimate of drug-likeness (QED) is 0.898. The van der Waals surface area contributed by atoms with Gasteiger partial charge in [0.1, 0.15) is 5.82 Å². The third kappa shape index (κ3) is 2.70. The molecule has 4 heteroatoms. The fourth-order valence-corrected chi connectivity index (χ4v) is 1.85. The number of anilines is 1. The van der Waals surface area contributed by atoms with Crippen molar-refractivity contribution in [1.29, 1.82) is 0 Å². The van der Waals surface area contributed by atoms with Gasteiger partial charge in [-0.3, -0.25) is 4.68 Å². The summed E-state index contributed by atoms with van der Waals surface area (Å²) in [5.74, 6) is -0.212. The monoisotopic (exact) mass is 247 g/mol. The molecule has 0 fully saturated rings.